The van der Waals surface area contributed by atoms with E-state index in [-0.39, 0.29) is 5.91 Å². The van der Waals surface area contributed by atoms with Crippen LogP contribution in [0.3, 0.4) is 0 Å². The topological polar surface area (TPSA) is 89.3 Å². The first-order valence-electron chi connectivity index (χ1n) is 10.4. The lowest BCUT2D eigenvalue weighted by molar-refractivity contribution is 0.0748. The minimum absolute atomic E-state index is 0.0248. The van der Waals surface area contributed by atoms with Crippen LogP contribution in [-0.2, 0) is 7.05 Å². The van der Waals surface area contributed by atoms with Crippen molar-refractivity contribution < 1.29 is 9.53 Å². The van der Waals surface area contributed by atoms with Crippen LogP contribution in [0.5, 0.6) is 5.75 Å². The molecular formula is C23H23N7O2. The molecule has 9 heteroatoms. The fourth-order valence-corrected chi connectivity index (χ4v) is 3.96. The van der Waals surface area contributed by atoms with Crippen molar-refractivity contribution in [2.24, 2.45) is 7.05 Å². The average Bonchev–Trinajstić information content (AvgIpc) is 3.24. The van der Waals surface area contributed by atoms with Crippen LogP contribution in [-0.4, -0.2) is 68.8 Å². The van der Waals surface area contributed by atoms with E-state index in [0.29, 0.717) is 49.0 Å². The van der Waals surface area contributed by atoms with E-state index in [1.54, 1.807) is 36.4 Å². The predicted molar refractivity (Wildman–Crippen MR) is 121 cm³/mol. The van der Waals surface area contributed by atoms with Crippen molar-refractivity contribution >= 4 is 22.9 Å². The van der Waals surface area contributed by atoms with Gasteiger partial charge in [0.15, 0.2) is 5.65 Å². The molecule has 0 atom stereocenters. The number of pyridine rings is 1. The molecule has 0 unspecified atom stereocenters. The molecule has 9 nitrogen and oxygen atoms in total. The molecule has 5 rings (SSSR count). The number of amides is 1. The maximum atomic E-state index is 13.6. The SMILES string of the molecule is COc1cccc(-c2cc(C(=O)N3CCN(c4ncccn4)CC3)c3cnn(C)c3n2)c1. The molecule has 32 heavy (non-hydrogen) atoms. The number of hydrogen-bond donors (Lipinski definition) is 0. The maximum Gasteiger partial charge on any atom is 0.254 e. The van der Waals surface area contributed by atoms with Crippen molar-refractivity contribution in [3.63, 3.8) is 0 Å². The van der Waals surface area contributed by atoms with E-state index in [1.807, 2.05) is 42.3 Å². The van der Waals surface area contributed by atoms with Gasteiger partial charge in [0.2, 0.25) is 5.95 Å². The van der Waals surface area contributed by atoms with Crippen LogP contribution in [0.2, 0.25) is 0 Å². The molecule has 4 aromatic rings. The number of hydrogen-bond acceptors (Lipinski definition) is 7. The molecule has 4 heterocycles. The van der Waals surface area contributed by atoms with Gasteiger partial charge in [-0.05, 0) is 24.3 Å². The summed E-state index contributed by atoms with van der Waals surface area (Å²) >= 11 is 0. The van der Waals surface area contributed by atoms with Gasteiger partial charge in [0.05, 0.1) is 30.0 Å². The monoisotopic (exact) mass is 429 g/mol. The van der Waals surface area contributed by atoms with E-state index in [1.165, 1.54) is 0 Å². The Balaban J connectivity index is 1.46. The molecule has 1 amide bonds. The molecule has 1 saturated heterocycles. The number of anilines is 1. The second-order valence-corrected chi connectivity index (χ2v) is 7.62. The summed E-state index contributed by atoms with van der Waals surface area (Å²) in [6.07, 6.45) is 5.17. The number of rotatable bonds is 4. The number of benzene rings is 1. The van der Waals surface area contributed by atoms with Gasteiger partial charge in [-0.2, -0.15) is 5.10 Å². The van der Waals surface area contributed by atoms with Gasteiger partial charge in [0.1, 0.15) is 5.75 Å². The number of methoxy groups -OCH3 is 1. The summed E-state index contributed by atoms with van der Waals surface area (Å²) in [7, 11) is 3.46. The molecule has 0 radical (unpaired) electrons. The largest absolute Gasteiger partial charge is 0.497 e. The third-order valence-electron chi connectivity index (χ3n) is 5.70. The van der Waals surface area contributed by atoms with Crippen molar-refractivity contribution in [2.75, 3.05) is 38.2 Å². The Bertz CT molecular complexity index is 1260. The Morgan fingerprint density at radius 2 is 1.81 bits per heavy atom. The first-order valence-corrected chi connectivity index (χ1v) is 10.4. The van der Waals surface area contributed by atoms with Gasteiger partial charge in [-0.3, -0.25) is 9.48 Å². The average molecular weight is 429 g/mol. The fraction of sp³-hybridized carbons (Fsp3) is 0.261. The van der Waals surface area contributed by atoms with Gasteiger partial charge in [-0.15, -0.1) is 0 Å². The van der Waals surface area contributed by atoms with Gasteiger partial charge in [-0.1, -0.05) is 12.1 Å². The van der Waals surface area contributed by atoms with Crippen molar-refractivity contribution in [1.29, 1.82) is 0 Å². The highest BCUT2D eigenvalue weighted by Crippen LogP contribution is 2.28. The molecule has 0 saturated carbocycles. The van der Waals surface area contributed by atoms with E-state index >= 15 is 0 Å². The van der Waals surface area contributed by atoms with E-state index in [4.69, 9.17) is 9.72 Å². The Morgan fingerprint density at radius 3 is 2.56 bits per heavy atom. The van der Waals surface area contributed by atoms with Crippen molar-refractivity contribution in [1.82, 2.24) is 29.6 Å². The summed E-state index contributed by atoms with van der Waals surface area (Å²) in [4.78, 5) is 30.9. The van der Waals surface area contributed by atoms with Crippen LogP contribution in [0.15, 0.2) is 55.0 Å². The predicted octanol–water partition coefficient (Wildman–Crippen LogP) is 2.40. The molecule has 162 valence electrons. The summed E-state index contributed by atoms with van der Waals surface area (Å²) < 4.78 is 7.05. The number of aromatic nitrogens is 5. The van der Waals surface area contributed by atoms with Gasteiger partial charge in [-0.25, -0.2) is 15.0 Å². The molecule has 0 N–H and O–H groups in total. The molecule has 1 aromatic carbocycles. The lowest BCUT2D eigenvalue weighted by Crippen LogP contribution is -2.49. The number of ether oxygens (including phenoxy) is 1. The zero-order valence-corrected chi connectivity index (χ0v) is 18.0. The van der Waals surface area contributed by atoms with Crippen LogP contribution in [0.1, 0.15) is 10.4 Å². The van der Waals surface area contributed by atoms with Gasteiger partial charge in [0.25, 0.3) is 5.91 Å². The third-order valence-corrected chi connectivity index (χ3v) is 5.70. The van der Waals surface area contributed by atoms with Crippen molar-refractivity contribution in [2.45, 2.75) is 0 Å². The first kappa shape index (κ1) is 19.9. The number of nitrogens with zero attached hydrogens (tertiary/aromatic N) is 7. The van der Waals surface area contributed by atoms with E-state index in [9.17, 15) is 4.79 Å². The summed E-state index contributed by atoms with van der Waals surface area (Å²) in [5, 5.41) is 5.09. The van der Waals surface area contributed by atoms with Crippen molar-refractivity contribution in [3.05, 3.63) is 60.6 Å². The van der Waals surface area contributed by atoms with Crippen LogP contribution in [0.4, 0.5) is 5.95 Å². The second kappa shape index (κ2) is 8.26. The summed E-state index contributed by atoms with van der Waals surface area (Å²) in [5.74, 6) is 1.41. The zero-order chi connectivity index (χ0) is 22.1. The van der Waals surface area contributed by atoms with Crippen LogP contribution < -0.4 is 9.64 Å². The highest BCUT2D eigenvalue weighted by molar-refractivity contribution is 6.06. The molecule has 3 aromatic heterocycles. The molecule has 1 fully saturated rings. The standard InChI is InChI=1S/C23H23N7O2/c1-28-21-19(15-26-28)18(14-20(27-21)16-5-3-6-17(13-16)32-2)22(31)29-9-11-30(12-10-29)23-24-7-4-8-25-23/h3-8,13-15H,9-12H2,1-2H3. The minimum atomic E-state index is -0.0248. The molecular weight excluding hydrogens is 406 g/mol. The molecule has 0 bridgehead atoms. The third kappa shape index (κ3) is 3.62. The zero-order valence-electron chi connectivity index (χ0n) is 18.0. The summed E-state index contributed by atoms with van der Waals surface area (Å²) in [6, 6.07) is 11.3. The van der Waals surface area contributed by atoms with E-state index in [2.05, 4.69) is 20.0 Å². The Hall–Kier alpha value is -4.01. The lowest BCUT2D eigenvalue weighted by atomic mass is 10.1. The molecule has 0 aliphatic carbocycles. The number of carbonyl (C=O) groups excluding carboxylic acids is 1. The summed E-state index contributed by atoms with van der Waals surface area (Å²) in [5.41, 5.74) is 2.86. The van der Waals surface area contributed by atoms with Crippen LogP contribution >= 0.6 is 0 Å². The van der Waals surface area contributed by atoms with E-state index in [0.717, 1.165) is 16.7 Å². The second-order valence-electron chi connectivity index (χ2n) is 7.62. The fourth-order valence-electron chi connectivity index (χ4n) is 3.96. The molecule has 0 spiro atoms. The van der Waals surface area contributed by atoms with E-state index < -0.39 is 0 Å². The van der Waals surface area contributed by atoms with Crippen LogP contribution in [0, 0.1) is 0 Å². The van der Waals surface area contributed by atoms with Crippen LogP contribution in [0.25, 0.3) is 22.3 Å². The smallest absolute Gasteiger partial charge is 0.254 e. The van der Waals surface area contributed by atoms with Gasteiger partial charge >= 0.3 is 0 Å². The number of aryl methyl sites for hydroxylation is 1. The highest BCUT2D eigenvalue weighted by Gasteiger charge is 2.26. The maximum absolute atomic E-state index is 13.6. The van der Waals surface area contributed by atoms with Crippen molar-refractivity contribution in [3.8, 4) is 17.0 Å². The first-order chi connectivity index (χ1) is 15.6. The quantitative estimate of drug-likeness (QED) is 0.492. The Morgan fingerprint density at radius 1 is 1.03 bits per heavy atom. The van der Waals surface area contributed by atoms with Gasteiger partial charge in [0, 0.05) is 51.2 Å². The number of carbonyl (C=O) groups is 1. The Labute approximate surface area is 185 Å². The Kier molecular flexibility index (Phi) is 5.14. The summed E-state index contributed by atoms with van der Waals surface area (Å²) in [6.45, 7) is 2.55. The molecule has 1 aliphatic heterocycles. The lowest BCUT2D eigenvalue weighted by Gasteiger charge is -2.34. The van der Waals surface area contributed by atoms with Gasteiger partial charge < -0.3 is 14.5 Å². The number of fused-ring (bicyclic) bond motifs is 1. The highest BCUT2D eigenvalue weighted by atomic mass is 16.5. The number of piperazine rings is 1. The minimum Gasteiger partial charge on any atom is -0.497 e. The normalized spacial score (nSPS) is 14.1. The molecule has 1 aliphatic rings.